The topological polar surface area (TPSA) is 76.3 Å². The highest BCUT2D eigenvalue weighted by molar-refractivity contribution is 7.88. The fourth-order valence-corrected chi connectivity index (χ4v) is 3.18. The fourth-order valence-electron chi connectivity index (χ4n) is 2.31. The summed E-state index contributed by atoms with van der Waals surface area (Å²) in [7, 11) is -3.02. The second kappa shape index (κ2) is 5.36. The molecule has 6 nitrogen and oxygen atoms in total. The molecule has 7 heteroatoms. The molecule has 0 radical (unpaired) electrons. The van der Waals surface area contributed by atoms with Crippen LogP contribution >= 0.6 is 0 Å². The predicted molar refractivity (Wildman–Crippen MR) is 66.5 cm³/mol. The van der Waals surface area contributed by atoms with Crippen molar-refractivity contribution in [3.05, 3.63) is 11.7 Å². The molecule has 102 valence electrons. The Morgan fingerprint density at radius 2 is 2.06 bits per heavy atom. The first-order chi connectivity index (χ1) is 8.45. The van der Waals surface area contributed by atoms with E-state index in [0.717, 1.165) is 31.5 Å². The van der Waals surface area contributed by atoms with E-state index < -0.39 is 10.0 Å². The number of aromatic nitrogens is 2. The summed E-state index contributed by atoms with van der Waals surface area (Å²) in [5, 5.41) is 3.86. The van der Waals surface area contributed by atoms with Crippen LogP contribution in [0.5, 0.6) is 0 Å². The Morgan fingerprint density at radius 3 is 2.56 bits per heavy atom. The van der Waals surface area contributed by atoms with E-state index in [-0.39, 0.29) is 0 Å². The number of nitrogens with zero attached hydrogens (tertiary/aromatic N) is 3. The van der Waals surface area contributed by atoms with Crippen molar-refractivity contribution in [1.82, 2.24) is 14.4 Å². The zero-order valence-electron chi connectivity index (χ0n) is 10.8. The third-order valence-electron chi connectivity index (χ3n) is 3.39. The molecule has 0 N–H and O–H groups in total. The molecule has 0 amide bonds. The number of hydrogen-bond acceptors (Lipinski definition) is 5. The number of rotatable bonds is 4. The average molecular weight is 273 g/mol. The van der Waals surface area contributed by atoms with Gasteiger partial charge in [0.05, 0.1) is 6.26 Å². The molecule has 2 rings (SSSR count). The molecule has 0 atom stereocenters. The lowest BCUT2D eigenvalue weighted by Crippen LogP contribution is -2.37. The summed E-state index contributed by atoms with van der Waals surface area (Å²) < 4.78 is 29.2. The van der Waals surface area contributed by atoms with Gasteiger partial charge in [0.25, 0.3) is 0 Å². The Labute approximate surface area is 107 Å². The van der Waals surface area contributed by atoms with Gasteiger partial charge < -0.3 is 4.52 Å². The van der Waals surface area contributed by atoms with Crippen LogP contribution in [0.4, 0.5) is 0 Å². The summed E-state index contributed by atoms with van der Waals surface area (Å²) in [5.74, 6) is 1.90. The van der Waals surface area contributed by atoms with E-state index in [4.69, 9.17) is 4.52 Å². The standard InChI is InChI=1S/C11H19N3O3S/c1-9-12-11(13-17-9)4-3-10-5-7-14(8-6-10)18(2,15)16/h10H,3-8H2,1-2H3. The minimum atomic E-state index is -3.02. The maximum absolute atomic E-state index is 11.4. The third kappa shape index (κ3) is 3.52. The lowest BCUT2D eigenvalue weighted by molar-refractivity contribution is 0.263. The zero-order chi connectivity index (χ0) is 13.2. The van der Waals surface area contributed by atoms with Gasteiger partial charge in [-0.3, -0.25) is 0 Å². The lowest BCUT2D eigenvalue weighted by Gasteiger charge is -2.29. The minimum absolute atomic E-state index is 0.557. The minimum Gasteiger partial charge on any atom is -0.340 e. The van der Waals surface area contributed by atoms with Crippen molar-refractivity contribution in [3.8, 4) is 0 Å². The summed E-state index contributed by atoms with van der Waals surface area (Å²) in [6.45, 7) is 3.05. The van der Waals surface area contributed by atoms with E-state index in [1.54, 1.807) is 11.2 Å². The summed E-state index contributed by atoms with van der Waals surface area (Å²) in [6, 6.07) is 0. The number of piperidine rings is 1. The zero-order valence-corrected chi connectivity index (χ0v) is 11.6. The van der Waals surface area contributed by atoms with Crippen LogP contribution in [-0.2, 0) is 16.4 Å². The molecule has 1 fully saturated rings. The smallest absolute Gasteiger partial charge is 0.223 e. The third-order valence-corrected chi connectivity index (χ3v) is 4.69. The van der Waals surface area contributed by atoms with Gasteiger partial charge in [0, 0.05) is 26.4 Å². The predicted octanol–water partition coefficient (Wildman–Crippen LogP) is 0.982. The first-order valence-electron chi connectivity index (χ1n) is 6.19. The first kappa shape index (κ1) is 13.5. The fraction of sp³-hybridized carbons (Fsp3) is 0.818. The molecule has 0 spiro atoms. The molecule has 0 saturated carbocycles. The average Bonchev–Trinajstić information content (AvgIpc) is 2.72. The van der Waals surface area contributed by atoms with Gasteiger partial charge in [-0.05, 0) is 25.2 Å². The molecule has 0 bridgehead atoms. The molecular weight excluding hydrogens is 254 g/mol. The van der Waals surface area contributed by atoms with Gasteiger partial charge in [-0.2, -0.15) is 4.98 Å². The summed E-state index contributed by atoms with van der Waals surface area (Å²) in [5.41, 5.74) is 0. The SMILES string of the molecule is Cc1nc(CCC2CCN(S(C)(=O)=O)CC2)no1. The van der Waals surface area contributed by atoms with Gasteiger partial charge in [-0.25, -0.2) is 12.7 Å². The van der Waals surface area contributed by atoms with Gasteiger partial charge in [-0.1, -0.05) is 5.16 Å². The van der Waals surface area contributed by atoms with Crippen molar-refractivity contribution in [3.63, 3.8) is 0 Å². The van der Waals surface area contributed by atoms with Crippen molar-refractivity contribution in [2.24, 2.45) is 5.92 Å². The van der Waals surface area contributed by atoms with E-state index >= 15 is 0 Å². The van der Waals surface area contributed by atoms with Crippen LogP contribution in [0.15, 0.2) is 4.52 Å². The molecule has 1 aliphatic heterocycles. The molecule has 1 aromatic rings. The second-order valence-corrected chi connectivity index (χ2v) is 6.86. The van der Waals surface area contributed by atoms with Gasteiger partial charge in [0.1, 0.15) is 0 Å². The molecule has 1 saturated heterocycles. The normalized spacial score (nSPS) is 19.2. The highest BCUT2D eigenvalue weighted by Crippen LogP contribution is 2.23. The Kier molecular flexibility index (Phi) is 4.01. The van der Waals surface area contributed by atoms with Crippen LogP contribution in [0.3, 0.4) is 0 Å². The van der Waals surface area contributed by atoms with Crippen molar-refractivity contribution in [2.75, 3.05) is 19.3 Å². The largest absolute Gasteiger partial charge is 0.340 e. The van der Waals surface area contributed by atoms with E-state index in [1.165, 1.54) is 6.26 Å². The summed E-state index contributed by atoms with van der Waals surface area (Å²) >= 11 is 0. The monoisotopic (exact) mass is 273 g/mol. The number of sulfonamides is 1. The Bertz CT molecular complexity index is 489. The molecule has 0 unspecified atom stereocenters. The molecule has 2 heterocycles. The van der Waals surface area contributed by atoms with Crippen LogP contribution in [-0.4, -0.2) is 42.2 Å². The van der Waals surface area contributed by atoms with Gasteiger partial charge in [-0.15, -0.1) is 0 Å². The van der Waals surface area contributed by atoms with E-state index in [2.05, 4.69) is 10.1 Å². The van der Waals surface area contributed by atoms with Crippen LogP contribution in [0.1, 0.15) is 31.0 Å². The maximum Gasteiger partial charge on any atom is 0.223 e. The van der Waals surface area contributed by atoms with E-state index in [9.17, 15) is 8.42 Å². The van der Waals surface area contributed by atoms with E-state index in [1.807, 2.05) is 0 Å². The van der Waals surface area contributed by atoms with E-state index in [0.29, 0.717) is 24.9 Å². The summed E-state index contributed by atoms with van der Waals surface area (Å²) in [6.07, 6.45) is 4.92. The highest BCUT2D eigenvalue weighted by Gasteiger charge is 2.24. The van der Waals surface area contributed by atoms with Crippen LogP contribution in [0, 0.1) is 12.8 Å². The summed E-state index contributed by atoms with van der Waals surface area (Å²) in [4.78, 5) is 4.17. The van der Waals surface area contributed by atoms with Crippen molar-refractivity contribution in [1.29, 1.82) is 0 Å². The quantitative estimate of drug-likeness (QED) is 0.817. The number of aryl methyl sites for hydroxylation is 2. The highest BCUT2D eigenvalue weighted by atomic mass is 32.2. The van der Waals surface area contributed by atoms with Gasteiger partial charge in [0.2, 0.25) is 15.9 Å². The molecule has 0 aliphatic carbocycles. The molecule has 1 aromatic heterocycles. The molecule has 18 heavy (non-hydrogen) atoms. The van der Waals surface area contributed by atoms with Crippen LogP contribution in [0.2, 0.25) is 0 Å². The van der Waals surface area contributed by atoms with Crippen LogP contribution < -0.4 is 0 Å². The lowest BCUT2D eigenvalue weighted by atomic mass is 9.93. The molecule has 1 aliphatic rings. The molecule has 0 aromatic carbocycles. The Balaban J connectivity index is 1.77. The van der Waals surface area contributed by atoms with Gasteiger partial charge >= 0.3 is 0 Å². The second-order valence-electron chi connectivity index (χ2n) is 4.87. The van der Waals surface area contributed by atoms with Crippen LogP contribution in [0.25, 0.3) is 0 Å². The molecular formula is C11H19N3O3S. The van der Waals surface area contributed by atoms with Crippen molar-refractivity contribution >= 4 is 10.0 Å². The Hall–Kier alpha value is -0.950. The number of hydrogen-bond donors (Lipinski definition) is 0. The first-order valence-corrected chi connectivity index (χ1v) is 8.04. The Morgan fingerprint density at radius 1 is 1.39 bits per heavy atom. The van der Waals surface area contributed by atoms with Gasteiger partial charge in [0.15, 0.2) is 5.82 Å². The van der Waals surface area contributed by atoms with Crippen molar-refractivity contribution in [2.45, 2.75) is 32.6 Å². The van der Waals surface area contributed by atoms with Crippen molar-refractivity contribution < 1.29 is 12.9 Å². The maximum atomic E-state index is 11.4.